The van der Waals surface area contributed by atoms with Gasteiger partial charge in [0, 0.05) is 12.8 Å². The Morgan fingerprint density at radius 2 is 1.83 bits per heavy atom. The molecule has 0 N–H and O–H groups in total. The average molecular weight is 320 g/mol. The molecule has 0 saturated heterocycles. The normalized spacial score (nSPS) is 11.2. The third kappa shape index (κ3) is 6.05. The van der Waals surface area contributed by atoms with Gasteiger partial charge in [-0.2, -0.15) is 0 Å². The fourth-order valence-corrected chi connectivity index (χ4v) is 2.18. The number of methoxy groups -OCH3 is 1. The molecule has 23 heavy (non-hydrogen) atoms. The fraction of sp³-hybridized carbons (Fsp3) is 0.579. The highest BCUT2D eigenvalue weighted by molar-refractivity contribution is 5.99. The lowest BCUT2D eigenvalue weighted by atomic mass is 9.85. The highest BCUT2D eigenvalue weighted by Crippen LogP contribution is 2.29. The molecule has 0 bridgehead atoms. The summed E-state index contributed by atoms with van der Waals surface area (Å²) in [4.78, 5) is 23.7. The monoisotopic (exact) mass is 320 g/mol. The second kappa shape index (κ2) is 8.70. The second-order valence-corrected chi connectivity index (χ2v) is 6.66. The lowest BCUT2D eigenvalue weighted by Crippen LogP contribution is -2.14. The number of ketones is 1. The van der Waals surface area contributed by atoms with Gasteiger partial charge in [-0.1, -0.05) is 33.8 Å². The van der Waals surface area contributed by atoms with Crippen LogP contribution in [0.3, 0.4) is 0 Å². The van der Waals surface area contributed by atoms with Crippen molar-refractivity contribution < 1.29 is 19.1 Å². The molecule has 0 fully saturated rings. The van der Waals surface area contributed by atoms with E-state index in [1.807, 2.05) is 25.1 Å². The van der Waals surface area contributed by atoms with Gasteiger partial charge in [0.15, 0.2) is 5.78 Å². The van der Waals surface area contributed by atoms with Crippen molar-refractivity contribution in [3.05, 3.63) is 29.3 Å². The Morgan fingerprint density at radius 3 is 2.39 bits per heavy atom. The van der Waals surface area contributed by atoms with Crippen molar-refractivity contribution in [3.63, 3.8) is 0 Å². The number of rotatable bonds is 8. The molecular weight excluding hydrogens is 292 g/mol. The lowest BCUT2D eigenvalue weighted by molar-refractivity contribution is -0.140. The minimum Gasteiger partial charge on any atom is -0.493 e. The number of benzene rings is 1. The van der Waals surface area contributed by atoms with E-state index >= 15 is 0 Å². The van der Waals surface area contributed by atoms with Crippen molar-refractivity contribution in [2.45, 2.75) is 58.8 Å². The van der Waals surface area contributed by atoms with E-state index in [1.54, 1.807) is 0 Å². The van der Waals surface area contributed by atoms with E-state index in [4.69, 9.17) is 4.74 Å². The van der Waals surface area contributed by atoms with Crippen LogP contribution in [0.25, 0.3) is 0 Å². The molecule has 0 aliphatic heterocycles. The summed E-state index contributed by atoms with van der Waals surface area (Å²) in [7, 11) is 1.35. The Labute approximate surface area is 139 Å². The number of esters is 1. The Morgan fingerprint density at radius 1 is 1.13 bits per heavy atom. The molecule has 0 aromatic heterocycles. The summed E-state index contributed by atoms with van der Waals surface area (Å²) in [5.74, 6) is 0.345. The van der Waals surface area contributed by atoms with E-state index in [9.17, 15) is 9.59 Å². The number of hydrogen-bond donors (Lipinski definition) is 0. The van der Waals surface area contributed by atoms with Crippen molar-refractivity contribution in [2.75, 3.05) is 13.7 Å². The highest BCUT2D eigenvalue weighted by atomic mass is 16.5. The van der Waals surface area contributed by atoms with E-state index in [0.717, 1.165) is 12.0 Å². The summed E-state index contributed by atoms with van der Waals surface area (Å²) in [6, 6.07) is 5.81. The van der Waals surface area contributed by atoms with Crippen molar-refractivity contribution in [1.82, 2.24) is 0 Å². The maximum absolute atomic E-state index is 12.5. The number of carbonyl (C=O) groups is 2. The number of ether oxygens (including phenoxy) is 2. The third-order valence-corrected chi connectivity index (χ3v) is 3.62. The van der Waals surface area contributed by atoms with Gasteiger partial charge in [-0.15, -0.1) is 0 Å². The van der Waals surface area contributed by atoms with Gasteiger partial charge >= 0.3 is 5.97 Å². The molecule has 0 aliphatic rings. The molecule has 0 atom stereocenters. The molecule has 1 aromatic carbocycles. The fourth-order valence-electron chi connectivity index (χ4n) is 2.18. The van der Waals surface area contributed by atoms with Crippen LogP contribution in [0.5, 0.6) is 5.75 Å². The molecule has 0 spiro atoms. The highest BCUT2D eigenvalue weighted by Gasteiger charge is 2.19. The first-order valence-corrected chi connectivity index (χ1v) is 8.17. The zero-order valence-electron chi connectivity index (χ0n) is 14.9. The maximum Gasteiger partial charge on any atom is 0.305 e. The van der Waals surface area contributed by atoms with Gasteiger partial charge in [-0.3, -0.25) is 9.59 Å². The minimum absolute atomic E-state index is 0.00565. The molecule has 4 nitrogen and oxygen atoms in total. The van der Waals surface area contributed by atoms with Gasteiger partial charge in [0.05, 0.1) is 19.3 Å². The number of hydrogen-bond acceptors (Lipinski definition) is 4. The Kier molecular flexibility index (Phi) is 7.27. The van der Waals surface area contributed by atoms with Gasteiger partial charge in [0.25, 0.3) is 0 Å². The van der Waals surface area contributed by atoms with Crippen molar-refractivity contribution in [2.24, 2.45) is 0 Å². The predicted octanol–water partition coefficient (Wildman–Crippen LogP) is 4.30. The summed E-state index contributed by atoms with van der Waals surface area (Å²) in [6.07, 6.45) is 1.94. The van der Waals surface area contributed by atoms with Gasteiger partial charge in [-0.05, 0) is 36.0 Å². The lowest BCUT2D eigenvalue weighted by Gasteiger charge is -2.21. The predicted molar refractivity (Wildman–Crippen MR) is 91.1 cm³/mol. The second-order valence-electron chi connectivity index (χ2n) is 6.66. The SMILES string of the molecule is CCCOc1ccc(C(C)(C)C)cc1C(=O)CCCC(=O)OC. The molecule has 0 saturated carbocycles. The first kappa shape index (κ1) is 19.2. The van der Waals surface area contributed by atoms with Gasteiger partial charge in [0.1, 0.15) is 5.75 Å². The molecule has 1 aromatic rings. The molecule has 1 rings (SSSR count). The van der Waals surface area contributed by atoms with Crippen LogP contribution in [0.1, 0.15) is 69.3 Å². The first-order valence-electron chi connectivity index (χ1n) is 8.17. The Balaban J connectivity index is 2.94. The van der Waals surface area contributed by atoms with E-state index in [0.29, 0.717) is 30.8 Å². The van der Waals surface area contributed by atoms with E-state index < -0.39 is 0 Å². The Bertz CT molecular complexity index is 541. The molecule has 0 radical (unpaired) electrons. The third-order valence-electron chi connectivity index (χ3n) is 3.62. The van der Waals surface area contributed by atoms with E-state index in [-0.39, 0.29) is 23.6 Å². The van der Waals surface area contributed by atoms with Crippen LogP contribution < -0.4 is 4.74 Å². The molecule has 128 valence electrons. The molecule has 0 unspecified atom stereocenters. The summed E-state index contributed by atoms with van der Waals surface area (Å²) >= 11 is 0. The quantitative estimate of drug-likeness (QED) is 0.529. The summed E-state index contributed by atoms with van der Waals surface area (Å²) in [6.45, 7) is 8.94. The minimum atomic E-state index is -0.288. The zero-order chi connectivity index (χ0) is 17.5. The van der Waals surface area contributed by atoms with Crippen LogP contribution in [0, 0.1) is 0 Å². The molecule has 4 heteroatoms. The summed E-state index contributed by atoms with van der Waals surface area (Å²) in [5.41, 5.74) is 1.66. The standard InChI is InChI=1S/C19H28O4/c1-6-12-23-17-11-10-14(19(2,3)4)13-15(17)16(20)8-7-9-18(21)22-5/h10-11,13H,6-9,12H2,1-5H3. The van der Waals surface area contributed by atoms with E-state index in [2.05, 4.69) is 25.5 Å². The largest absolute Gasteiger partial charge is 0.493 e. The van der Waals surface area contributed by atoms with Crippen LogP contribution in [0.2, 0.25) is 0 Å². The van der Waals surface area contributed by atoms with Crippen molar-refractivity contribution in [1.29, 1.82) is 0 Å². The number of Topliss-reactive ketones (excluding diaryl/α,β-unsaturated/α-hetero) is 1. The van der Waals surface area contributed by atoms with Crippen molar-refractivity contribution in [3.8, 4) is 5.75 Å². The summed E-state index contributed by atoms with van der Waals surface area (Å²) < 4.78 is 10.3. The molecular formula is C19H28O4. The average Bonchev–Trinajstić information content (AvgIpc) is 2.51. The molecule has 0 aliphatic carbocycles. The van der Waals surface area contributed by atoms with Gasteiger partial charge < -0.3 is 9.47 Å². The first-order chi connectivity index (χ1) is 10.8. The van der Waals surface area contributed by atoms with Crippen LogP contribution in [-0.2, 0) is 14.9 Å². The number of carbonyl (C=O) groups excluding carboxylic acids is 2. The van der Waals surface area contributed by atoms with Crippen molar-refractivity contribution >= 4 is 11.8 Å². The Hall–Kier alpha value is -1.84. The van der Waals surface area contributed by atoms with Gasteiger partial charge in [-0.25, -0.2) is 0 Å². The van der Waals surface area contributed by atoms with Crippen LogP contribution in [-0.4, -0.2) is 25.5 Å². The van der Waals surface area contributed by atoms with Crippen LogP contribution in [0.4, 0.5) is 0 Å². The smallest absolute Gasteiger partial charge is 0.305 e. The maximum atomic E-state index is 12.5. The van der Waals surface area contributed by atoms with Crippen LogP contribution in [0.15, 0.2) is 18.2 Å². The van der Waals surface area contributed by atoms with Gasteiger partial charge in [0.2, 0.25) is 0 Å². The summed E-state index contributed by atoms with van der Waals surface area (Å²) in [5, 5.41) is 0. The topological polar surface area (TPSA) is 52.6 Å². The zero-order valence-corrected chi connectivity index (χ0v) is 14.9. The molecule has 0 heterocycles. The van der Waals surface area contributed by atoms with Crippen LogP contribution >= 0.6 is 0 Å². The molecule has 0 amide bonds. The van der Waals surface area contributed by atoms with E-state index in [1.165, 1.54) is 7.11 Å².